The zero-order valence-electron chi connectivity index (χ0n) is 37.0. The normalized spacial score (nSPS) is 15.9. The van der Waals surface area contributed by atoms with Crippen LogP contribution in [-0.2, 0) is 32.7 Å². The number of esters is 2. The standard InChI is InChI=1S/C46H80NO11P/c1-6-8-10-11-12-13-14-15-16-17-18-19-20-25-29-35-45(51)55-39-42(40-57-59(53,54)56-38-37-47(3,4)5)58-46(52)36-30-34-44(50)43(49)33-28-24-22-21-23-27-32-41(48)31-26-9-7-2/h12-13,15-16,21-24,27-28,32-33,41-44,48-50H,6-11,14,17-20,25-26,29-31,34-40H2,1-5H3/b13-12-,16-15-,23-21-,24-22+,32-27+,33-28+/t41-,42+,43-,44-/m0/s1. The number of likely N-dealkylation sites (N-methyl/N-ethyl adjacent to an activating group) is 1. The van der Waals surface area contributed by atoms with E-state index in [4.69, 9.17) is 18.5 Å². The summed E-state index contributed by atoms with van der Waals surface area (Å²) in [6, 6.07) is 0. The first-order valence-electron chi connectivity index (χ1n) is 22.0. The Balaban J connectivity index is 4.75. The molecule has 0 aromatic heterocycles. The summed E-state index contributed by atoms with van der Waals surface area (Å²) in [5.74, 6) is -1.19. The maximum Gasteiger partial charge on any atom is 0.306 e. The van der Waals surface area contributed by atoms with E-state index in [0.29, 0.717) is 17.4 Å². The van der Waals surface area contributed by atoms with Gasteiger partial charge in [0.15, 0.2) is 6.10 Å². The second kappa shape index (κ2) is 37.1. The lowest BCUT2D eigenvalue weighted by molar-refractivity contribution is -0.870. The fraction of sp³-hybridized carbons (Fsp3) is 0.696. The van der Waals surface area contributed by atoms with Crippen LogP contribution in [0.4, 0.5) is 0 Å². The first-order valence-corrected chi connectivity index (χ1v) is 23.4. The Labute approximate surface area is 356 Å². The van der Waals surface area contributed by atoms with E-state index in [2.05, 4.69) is 38.2 Å². The fourth-order valence-electron chi connectivity index (χ4n) is 5.42. The number of quaternary nitrogens is 1. The maximum atomic E-state index is 12.7. The SMILES string of the molecule is CCCCC/C=C\C/C=C\CCCCCCCC(=O)OC[C@H](COP(=O)([O-])OCC[N+](C)(C)C)OC(=O)CCC[C@H](O)[C@@H](O)/C=C/C=C/C=C\C=C\[C@@H](O)CCCCC. The molecule has 0 aromatic rings. The molecular weight excluding hydrogens is 773 g/mol. The van der Waals surface area contributed by atoms with E-state index in [1.165, 1.54) is 25.3 Å². The lowest BCUT2D eigenvalue weighted by atomic mass is 10.1. The molecule has 0 spiro atoms. The number of aliphatic hydroxyl groups is 3. The molecule has 0 aromatic carbocycles. The zero-order valence-corrected chi connectivity index (χ0v) is 37.9. The Morgan fingerprint density at radius 2 is 1.24 bits per heavy atom. The van der Waals surface area contributed by atoms with E-state index in [-0.39, 0.29) is 32.3 Å². The number of rotatable bonds is 38. The van der Waals surface area contributed by atoms with Crippen molar-refractivity contribution in [3.8, 4) is 0 Å². The predicted octanol–water partition coefficient (Wildman–Crippen LogP) is 8.52. The fourth-order valence-corrected chi connectivity index (χ4v) is 6.15. The van der Waals surface area contributed by atoms with Gasteiger partial charge >= 0.3 is 11.9 Å². The van der Waals surface area contributed by atoms with Gasteiger partial charge in [0.05, 0.1) is 46.1 Å². The lowest BCUT2D eigenvalue weighted by Gasteiger charge is -2.28. The van der Waals surface area contributed by atoms with E-state index in [0.717, 1.165) is 70.6 Å². The van der Waals surface area contributed by atoms with Gasteiger partial charge in [0.1, 0.15) is 19.8 Å². The molecule has 0 aliphatic rings. The van der Waals surface area contributed by atoms with Crippen molar-refractivity contribution in [1.29, 1.82) is 0 Å². The Morgan fingerprint density at radius 1 is 0.661 bits per heavy atom. The molecule has 1 unspecified atom stereocenters. The number of unbranched alkanes of at least 4 members (excludes halogenated alkanes) is 10. The summed E-state index contributed by atoms with van der Waals surface area (Å²) in [5.41, 5.74) is 0. The molecule has 12 nitrogen and oxygen atoms in total. The Morgan fingerprint density at radius 3 is 1.90 bits per heavy atom. The van der Waals surface area contributed by atoms with Crippen LogP contribution in [0.15, 0.2) is 72.9 Å². The molecule has 340 valence electrons. The number of carbonyl (C=O) groups is 2. The molecule has 0 bridgehead atoms. The zero-order chi connectivity index (χ0) is 44.0. The highest BCUT2D eigenvalue weighted by Crippen LogP contribution is 2.38. The second-order valence-electron chi connectivity index (χ2n) is 15.9. The molecule has 0 saturated carbocycles. The number of ether oxygens (including phenoxy) is 2. The second-order valence-corrected chi connectivity index (χ2v) is 17.3. The molecule has 0 saturated heterocycles. The summed E-state index contributed by atoms with van der Waals surface area (Å²) >= 11 is 0. The molecule has 3 N–H and O–H groups in total. The summed E-state index contributed by atoms with van der Waals surface area (Å²) in [6.07, 6.45) is 34.4. The average Bonchev–Trinajstić information content (AvgIpc) is 3.17. The Hall–Kier alpha value is -2.67. The monoisotopic (exact) mass is 854 g/mol. The van der Waals surface area contributed by atoms with Crippen molar-refractivity contribution in [2.75, 3.05) is 47.5 Å². The van der Waals surface area contributed by atoms with Gasteiger partial charge in [-0.15, -0.1) is 0 Å². The highest BCUT2D eigenvalue weighted by atomic mass is 31.2. The van der Waals surface area contributed by atoms with E-state index in [1.54, 1.807) is 42.5 Å². The van der Waals surface area contributed by atoms with E-state index in [1.807, 2.05) is 21.1 Å². The third kappa shape index (κ3) is 39.2. The minimum atomic E-state index is -4.73. The Bertz CT molecular complexity index is 1290. The van der Waals surface area contributed by atoms with Crippen LogP contribution in [0.25, 0.3) is 0 Å². The molecule has 0 aliphatic carbocycles. The average molecular weight is 854 g/mol. The number of aliphatic hydroxyl groups excluding tert-OH is 3. The molecule has 5 atom stereocenters. The number of phosphoric acid groups is 1. The smallest absolute Gasteiger partial charge is 0.306 e. The van der Waals surface area contributed by atoms with Crippen LogP contribution in [-0.4, -0.2) is 104 Å². The number of hydrogen-bond acceptors (Lipinski definition) is 11. The van der Waals surface area contributed by atoms with Crippen molar-refractivity contribution < 1.29 is 57.4 Å². The predicted molar refractivity (Wildman–Crippen MR) is 235 cm³/mol. The maximum absolute atomic E-state index is 12.7. The van der Waals surface area contributed by atoms with Crippen molar-refractivity contribution >= 4 is 19.8 Å². The number of hydrogen-bond donors (Lipinski definition) is 3. The molecule has 0 rings (SSSR count). The molecule has 59 heavy (non-hydrogen) atoms. The van der Waals surface area contributed by atoms with Gasteiger partial charge in [-0.1, -0.05) is 138 Å². The van der Waals surface area contributed by atoms with Crippen molar-refractivity contribution in [3.05, 3.63) is 72.9 Å². The van der Waals surface area contributed by atoms with Gasteiger partial charge in [-0.3, -0.25) is 14.2 Å². The third-order valence-corrected chi connectivity index (χ3v) is 10.0. The molecule has 0 fully saturated rings. The molecule has 0 amide bonds. The molecule has 13 heteroatoms. The highest BCUT2D eigenvalue weighted by molar-refractivity contribution is 7.45. The van der Waals surface area contributed by atoms with Gasteiger partial charge in [0.2, 0.25) is 0 Å². The largest absolute Gasteiger partial charge is 0.756 e. The van der Waals surface area contributed by atoms with Crippen LogP contribution in [0, 0.1) is 0 Å². The van der Waals surface area contributed by atoms with Crippen LogP contribution in [0.2, 0.25) is 0 Å². The quantitative estimate of drug-likeness (QED) is 0.0136. The number of phosphoric ester groups is 1. The topological polar surface area (TPSA) is 172 Å². The van der Waals surface area contributed by atoms with Crippen LogP contribution in [0.3, 0.4) is 0 Å². The van der Waals surface area contributed by atoms with Gasteiger partial charge in [-0.2, -0.15) is 0 Å². The Kier molecular flexibility index (Phi) is 35.4. The molecule has 0 aliphatic heterocycles. The van der Waals surface area contributed by atoms with Crippen LogP contribution in [0.1, 0.15) is 136 Å². The van der Waals surface area contributed by atoms with Crippen molar-refractivity contribution in [1.82, 2.24) is 0 Å². The lowest BCUT2D eigenvalue weighted by Crippen LogP contribution is -2.37. The van der Waals surface area contributed by atoms with Crippen molar-refractivity contribution in [3.63, 3.8) is 0 Å². The summed E-state index contributed by atoms with van der Waals surface area (Å²) in [4.78, 5) is 37.6. The molecule has 0 radical (unpaired) electrons. The van der Waals surface area contributed by atoms with Gasteiger partial charge in [0, 0.05) is 12.8 Å². The van der Waals surface area contributed by atoms with Gasteiger partial charge in [-0.25, -0.2) is 0 Å². The van der Waals surface area contributed by atoms with E-state index < -0.39 is 57.4 Å². The van der Waals surface area contributed by atoms with Crippen LogP contribution in [0.5, 0.6) is 0 Å². The summed E-state index contributed by atoms with van der Waals surface area (Å²) < 4.78 is 33.6. The van der Waals surface area contributed by atoms with E-state index in [9.17, 15) is 34.4 Å². The minimum absolute atomic E-state index is 0.0925. The summed E-state index contributed by atoms with van der Waals surface area (Å²) in [5, 5.41) is 30.6. The molecule has 0 heterocycles. The first kappa shape index (κ1) is 56.3. The third-order valence-electron chi connectivity index (χ3n) is 9.07. The van der Waals surface area contributed by atoms with Crippen LogP contribution >= 0.6 is 7.82 Å². The van der Waals surface area contributed by atoms with Gasteiger partial charge in [-0.05, 0) is 57.8 Å². The summed E-state index contributed by atoms with van der Waals surface area (Å²) in [7, 11) is 0.928. The highest BCUT2D eigenvalue weighted by Gasteiger charge is 2.22. The van der Waals surface area contributed by atoms with Gasteiger partial charge < -0.3 is 43.2 Å². The number of allylic oxidation sites excluding steroid dienone is 10. The van der Waals surface area contributed by atoms with E-state index >= 15 is 0 Å². The van der Waals surface area contributed by atoms with Crippen molar-refractivity contribution in [2.24, 2.45) is 0 Å². The number of nitrogens with zero attached hydrogens (tertiary/aromatic N) is 1. The number of carbonyl (C=O) groups excluding carboxylic acids is 2. The molecular formula is C46H80NO11P. The minimum Gasteiger partial charge on any atom is -0.756 e. The van der Waals surface area contributed by atoms with Crippen LogP contribution < -0.4 is 4.89 Å². The summed E-state index contributed by atoms with van der Waals surface area (Å²) in [6.45, 7) is 3.65. The first-order chi connectivity index (χ1) is 28.2. The van der Waals surface area contributed by atoms with Gasteiger partial charge in [0.25, 0.3) is 7.82 Å². The van der Waals surface area contributed by atoms with Crippen molar-refractivity contribution in [2.45, 2.75) is 160 Å².